The minimum absolute atomic E-state index is 0.325. The van der Waals surface area contributed by atoms with Crippen LogP contribution in [0.5, 0.6) is 0 Å². The van der Waals surface area contributed by atoms with Crippen LogP contribution in [0, 0.1) is 5.92 Å². The normalized spacial score (nSPS) is 12.6. The standard InChI is InChI=1S/C11H17NO3/c12-5-2-1-3-10(11(13)14)7-9-4-6-15-8-9/h4,6,8,10H,1-3,5,7,12H2,(H,13,14). The summed E-state index contributed by atoms with van der Waals surface area (Å²) in [6.45, 7) is 0.623. The highest BCUT2D eigenvalue weighted by molar-refractivity contribution is 5.70. The van der Waals surface area contributed by atoms with Crippen molar-refractivity contribution in [1.29, 1.82) is 0 Å². The number of rotatable bonds is 7. The Labute approximate surface area is 89.1 Å². The maximum absolute atomic E-state index is 11.0. The third kappa shape index (κ3) is 4.16. The second-order valence-corrected chi connectivity index (χ2v) is 3.66. The van der Waals surface area contributed by atoms with E-state index >= 15 is 0 Å². The second-order valence-electron chi connectivity index (χ2n) is 3.66. The van der Waals surface area contributed by atoms with Crippen LogP contribution in [0.3, 0.4) is 0 Å². The highest BCUT2D eigenvalue weighted by Crippen LogP contribution is 2.15. The molecular weight excluding hydrogens is 194 g/mol. The Hall–Kier alpha value is -1.29. The fourth-order valence-corrected chi connectivity index (χ4v) is 1.54. The Balaban J connectivity index is 2.40. The van der Waals surface area contributed by atoms with Crippen LogP contribution in [-0.2, 0) is 11.2 Å². The van der Waals surface area contributed by atoms with Crippen LogP contribution < -0.4 is 5.73 Å². The van der Waals surface area contributed by atoms with E-state index in [4.69, 9.17) is 15.3 Å². The molecule has 0 spiro atoms. The number of furan rings is 1. The summed E-state index contributed by atoms with van der Waals surface area (Å²) in [7, 11) is 0. The first-order chi connectivity index (χ1) is 7.24. The van der Waals surface area contributed by atoms with Gasteiger partial charge in [0.2, 0.25) is 0 Å². The number of carboxylic acids is 1. The molecule has 0 aromatic carbocycles. The van der Waals surface area contributed by atoms with Gasteiger partial charge in [0.05, 0.1) is 18.4 Å². The van der Waals surface area contributed by atoms with Gasteiger partial charge in [-0.3, -0.25) is 4.79 Å². The van der Waals surface area contributed by atoms with Crippen molar-refractivity contribution < 1.29 is 14.3 Å². The summed E-state index contributed by atoms with van der Waals surface area (Å²) >= 11 is 0. The van der Waals surface area contributed by atoms with Gasteiger partial charge in [-0.15, -0.1) is 0 Å². The van der Waals surface area contributed by atoms with Gasteiger partial charge in [-0.2, -0.15) is 0 Å². The molecule has 0 saturated heterocycles. The molecule has 0 aliphatic rings. The van der Waals surface area contributed by atoms with Gasteiger partial charge in [0.25, 0.3) is 0 Å². The molecule has 1 heterocycles. The summed E-state index contributed by atoms with van der Waals surface area (Å²) in [5.41, 5.74) is 6.30. The number of carboxylic acid groups (broad SMARTS) is 1. The predicted octanol–water partition coefficient (Wildman–Crippen LogP) is 1.65. The van der Waals surface area contributed by atoms with Crippen molar-refractivity contribution >= 4 is 5.97 Å². The molecule has 4 nitrogen and oxygen atoms in total. The van der Waals surface area contributed by atoms with E-state index in [1.807, 2.05) is 0 Å². The summed E-state index contributed by atoms with van der Waals surface area (Å²) in [4.78, 5) is 11.0. The average Bonchev–Trinajstić information content (AvgIpc) is 2.69. The third-order valence-corrected chi connectivity index (χ3v) is 2.42. The van der Waals surface area contributed by atoms with Crippen molar-refractivity contribution in [1.82, 2.24) is 0 Å². The Morgan fingerprint density at radius 1 is 1.53 bits per heavy atom. The van der Waals surface area contributed by atoms with Crippen molar-refractivity contribution in [2.75, 3.05) is 6.54 Å². The van der Waals surface area contributed by atoms with Crippen molar-refractivity contribution in [3.05, 3.63) is 24.2 Å². The molecule has 1 aromatic rings. The molecule has 0 fully saturated rings. The first-order valence-electron chi connectivity index (χ1n) is 5.18. The Morgan fingerprint density at radius 3 is 2.87 bits per heavy atom. The summed E-state index contributed by atoms with van der Waals surface area (Å²) in [5, 5.41) is 9.01. The Bertz CT molecular complexity index is 282. The van der Waals surface area contributed by atoms with E-state index in [1.165, 1.54) is 0 Å². The van der Waals surface area contributed by atoms with Crippen LogP contribution in [0.2, 0.25) is 0 Å². The quantitative estimate of drug-likeness (QED) is 0.672. The van der Waals surface area contributed by atoms with Crippen LogP contribution in [0.4, 0.5) is 0 Å². The minimum atomic E-state index is -0.742. The van der Waals surface area contributed by atoms with Crippen molar-refractivity contribution in [2.45, 2.75) is 25.7 Å². The molecule has 1 unspecified atom stereocenters. The van der Waals surface area contributed by atoms with E-state index < -0.39 is 5.97 Å². The van der Waals surface area contributed by atoms with Gasteiger partial charge >= 0.3 is 5.97 Å². The van der Waals surface area contributed by atoms with Gasteiger partial charge in [-0.25, -0.2) is 0 Å². The van der Waals surface area contributed by atoms with Crippen molar-refractivity contribution in [3.63, 3.8) is 0 Å². The summed E-state index contributed by atoms with van der Waals surface area (Å²) in [5.74, 6) is -1.07. The number of carbonyl (C=O) groups is 1. The highest BCUT2D eigenvalue weighted by Gasteiger charge is 2.17. The molecule has 84 valence electrons. The van der Waals surface area contributed by atoms with E-state index in [-0.39, 0.29) is 5.92 Å². The summed E-state index contributed by atoms with van der Waals surface area (Å²) in [6, 6.07) is 1.80. The predicted molar refractivity (Wildman–Crippen MR) is 56.4 cm³/mol. The smallest absolute Gasteiger partial charge is 0.306 e. The molecule has 1 aromatic heterocycles. The van der Waals surface area contributed by atoms with Gasteiger partial charge in [0.15, 0.2) is 0 Å². The Morgan fingerprint density at radius 2 is 2.33 bits per heavy atom. The topological polar surface area (TPSA) is 76.5 Å². The largest absolute Gasteiger partial charge is 0.481 e. The van der Waals surface area contributed by atoms with Crippen molar-refractivity contribution in [3.8, 4) is 0 Å². The highest BCUT2D eigenvalue weighted by atomic mass is 16.4. The minimum Gasteiger partial charge on any atom is -0.481 e. The van der Waals surface area contributed by atoms with E-state index in [9.17, 15) is 4.79 Å². The maximum Gasteiger partial charge on any atom is 0.306 e. The van der Waals surface area contributed by atoms with E-state index in [0.717, 1.165) is 18.4 Å². The lowest BCUT2D eigenvalue weighted by atomic mass is 9.95. The number of unbranched alkanes of at least 4 members (excludes halogenated alkanes) is 1. The van der Waals surface area contributed by atoms with Crippen LogP contribution in [0.25, 0.3) is 0 Å². The van der Waals surface area contributed by atoms with Gasteiger partial charge in [0.1, 0.15) is 0 Å². The molecular formula is C11H17NO3. The summed E-state index contributed by atoms with van der Waals surface area (Å²) < 4.78 is 4.91. The zero-order chi connectivity index (χ0) is 11.1. The number of nitrogens with two attached hydrogens (primary N) is 1. The average molecular weight is 211 g/mol. The van der Waals surface area contributed by atoms with E-state index in [2.05, 4.69) is 0 Å². The van der Waals surface area contributed by atoms with Gasteiger partial charge < -0.3 is 15.3 Å². The van der Waals surface area contributed by atoms with Gasteiger partial charge in [-0.05, 0) is 37.4 Å². The molecule has 0 bridgehead atoms. The first-order valence-corrected chi connectivity index (χ1v) is 5.18. The molecule has 0 amide bonds. The van der Waals surface area contributed by atoms with Gasteiger partial charge in [0, 0.05) is 0 Å². The number of aliphatic carboxylic acids is 1. The lowest BCUT2D eigenvalue weighted by Gasteiger charge is -2.10. The lowest BCUT2D eigenvalue weighted by molar-refractivity contribution is -0.142. The molecule has 0 aliphatic carbocycles. The van der Waals surface area contributed by atoms with Crippen LogP contribution >= 0.6 is 0 Å². The zero-order valence-corrected chi connectivity index (χ0v) is 8.69. The van der Waals surface area contributed by atoms with Crippen molar-refractivity contribution in [2.24, 2.45) is 11.7 Å². The fourth-order valence-electron chi connectivity index (χ4n) is 1.54. The Kier molecular flexibility index (Phi) is 4.90. The molecule has 15 heavy (non-hydrogen) atoms. The van der Waals surface area contributed by atoms with E-state index in [0.29, 0.717) is 19.4 Å². The molecule has 1 atom stereocenters. The summed E-state index contributed by atoms with van der Waals surface area (Å²) in [6.07, 6.45) is 6.13. The van der Waals surface area contributed by atoms with Gasteiger partial charge in [-0.1, -0.05) is 6.42 Å². The van der Waals surface area contributed by atoms with Crippen LogP contribution in [0.1, 0.15) is 24.8 Å². The first kappa shape index (κ1) is 11.8. The molecule has 3 N–H and O–H groups in total. The monoisotopic (exact) mass is 211 g/mol. The molecule has 1 rings (SSSR count). The third-order valence-electron chi connectivity index (χ3n) is 2.42. The molecule has 0 aliphatic heterocycles. The molecule has 0 saturated carbocycles. The second kappa shape index (κ2) is 6.24. The number of hydrogen-bond acceptors (Lipinski definition) is 3. The zero-order valence-electron chi connectivity index (χ0n) is 8.69. The van der Waals surface area contributed by atoms with Crippen LogP contribution in [-0.4, -0.2) is 17.6 Å². The molecule has 0 radical (unpaired) electrons. The number of hydrogen-bond donors (Lipinski definition) is 2. The SMILES string of the molecule is NCCCCC(Cc1ccoc1)C(=O)O. The lowest BCUT2D eigenvalue weighted by Crippen LogP contribution is -2.16. The fraction of sp³-hybridized carbons (Fsp3) is 0.545. The van der Waals surface area contributed by atoms with Crippen LogP contribution in [0.15, 0.2) is 23.0 Å². The molecule has 4 heteroatoms. The van der Waals surface area contributed by atoms with E-state index in [1.54, 1.807) is 18.6 Å². The maximum atomic E-state index is 11.0.